The van der Waals surface area contributed by atoms with Crippen molar-refractivity contribution in [2.24, 2.45) is 0 Å². The number of carbonyl (C=O) groups is 1. The molecule has 2 aromatic carbocycles. The number of hydrogen-bond acceptors (Lipinski definition) is 3. The number of ether oxygens (including phenoxy) is 2. The molecule has 0 aromatic heterocycles. The van der Waals surface area contributed by atoms with E-state index < -0.39 is 0 Å². The van der Waals surface area contributed by atoms with Gasteiger partial charge in [0.25, 0.3) is 0 Å². The lowest BCUT2D eigenvalue weighted by molar-refractivity contribution is 0.104. The summed E-state index contributed by atoms with van der Waals surface area (Å²) in [5, 5.41) is 0. The van der Waals surface area contributed by atoms with Gasteiger partial charge < -0.3 is 9.47 Å². The van der Waals surface area contributed by atoms with Gasteiger partial charge in [-0.2, -0.15) is 0 Å². The van der Waals surface area contributed by atoms with Crippen molar-refractivity contribution in [1.29, 1.82) is 0 Å². The molecule has 0 N–H and O–H groups in total. The third-order valence-electron chi connectivity index (χ3n) is 3.15. The van der Waals surface area contributed by atoms with Crippen LogP contribution < -0.4 is 9.47 Å². The fourth-order valence-electron chi connectivity index (χ4n) is 2.03. The van der Waals surface area contributed by atoms with Gasteiger partial charge in [-0.3, -0.25) is 4.79 Å². The molecule has 0 bridgehead atoms. The van der Waals surface area contributed by atoms with E-state index in [4.69, 9.17) is 9.47 Å². The van der Waals surface area contributed by atoms with E-state index in [0.717, 1.165) is 16.9 Å². The average molecular weight is 282 g/mol. The lowest BCUT2D eigenvalue weighted by Crippen LogP contribution is -1.95. The number of aryl methyl sites for hydroxylation is 1. The summed E-state index contributed by atoms with van der Waals surface area (Å²) < 4.78 is 10.5. The molecule has 3 heteroatoms. The fraction of sp³-hybridized carbons (Fsp3) is 0.167. The molecule has 3 nitrogen and oxygen atoms in total. The van der Waals surface area contributed by atoms with Crippen LogP contribution in [0.1, 0.15) is 21.5 Å². The molecule has 21 heavy (non-hydrogen) atoms. The summed E-state index contributed by atoms with van der Waals surface area (Å²) in [6, 6.07) is 13.0. The largest absolute Gasteiger partial charge is 0.497 e. The Balaban J connectivity index is 2.26. The van der Waals surface area contributed by atoms with Crippen LogP contribution >= 0.6 is 0 Å². The van der Waals surface area contributed by atoms with Gasteiger partial charge in [0.2, 0.25) is 0 Å². The Morgan fingerprint density at radius 2 is 1.86 bits per heavy atom. The van der Waals surface area contributed by atoms with Crippen molar-refractivity contribution in [3.05, 3.63) is 65.2 Å². The number of allylic oxidation sites excluding steroid dienone is 1. The van der Waals surface area contributed by atoms with Gasteiger partial charge in [-0.15, -0.1) is 0 Å². The smallest absolute Gasteiger partial charge is 0.185 e. The van der Waals surface area contributed by atoms with Gasteiger partial charge >= 0.3 is 0 Å². The second kappa shape index (κ2) is 6.75. The summed E-state index contributed by atoms with van der Waals surface area (Å²) >= 11 is 0. The van der Waals surface area contributed by atoms with Gasteiger partial charge in [0.1, 0.15) is 11.5 Å². The van der Waals surface area contributed by atoms with Crippen molar-refractivity contribution in [3.8, 4) is 11.5 Å². The van der Waals surface area contributed by atoms with Crippen molar-refractivity contribution in [1.82, 2.24) is 0 Å². The molecule has 0 aliphatic rings. The summed E-state index contributed by atoms with van der Waals surface area (Å²) in [5.74, 6) is 1.38. The van der Waals surface area contributed by atoms with Crippen LogP contribution in [0.5, 0.6) is 11.5 Å². The summed E-state index contributed by atoms with van der Waals surface area (Å²) in [6.45, 7) is 1.96. The Bertz CT molecular complexity index is 672. The van der Waals surface area contributed by atoms with Crippen LogP contribution in [0.3, 0.4) is 0 Å². The number of ketones is 1. The minimum absolute atomic E-state index is 0.0384. The van der Waals surface area contributed by atoms with E-state index in [1.165, 1.54) is 0 Å². The molecule has 2 aromatic rings. The molecule has 0 aliphatic carbocycles. The van der Waals surface area contributed by atoms with Crippen LogP contribution in [0.4, 0.5) is 0 Å². The highest BCUT2D eigenvalue weighted by molar-refractivity contribution is 6.07. The highest BCUT2D eigenvalue weighted by Crippen LogP contribution is 2.25. The third-order valence-corrected chi connectivity index (χ3v) is 3.15. The molecular weight excluding hydrogens is 264 g/mol. The normalized spacial score (nSPS) is 10.6. The van der Waals surface area contributed by atoms with Crippen molar-refractivity contribution >= 4 is 11.9 Å². The Labute approximate surface area is 124 Å². The minimum Gasteiger partial charge on any atom is -0.497 e. The summed E-state index contributed by atoms with van der Waals surface area (Å²) in [5.41, 5.74) is 2.54. The van der Waals surface area contributed by atoms with Gasteiger partial charge in [0.05, 0.1) is 14.2 Å². The van der Waals surface area contributed by atoms with E-state index in [1.807, 2.05) is 49.4 Å². The van der Waals surface area contributed by atoms with E-state index in [2.05, 4.69) is 0 Å². The first-order valence-corrected chi connectivity index (χ1v) is 6.65. The monoisotopic (exact) mass is 282 g/mol. The molecule has 0 saturated heterocycles. The summed E-state index contributed by atoms with van der Waals surface area (Å²) in [4.78, 5) is 12.2. The Hall–Kier alpha value is -2.55. The highest BCUT2D eigenvalue weighted by Gasteiger charge is 2.05. The first-order valence-electron chi connectivity index (χ1n) is 6.65. The van der Waals surface area contributed by atoms with E-state index in [1.54, 1.807) is 26.4 Å². The van der Waals surface area contributed by atoms with Crippen LogP contribution in [0.2, 0.25) is 0 Å². The first-order chi connectivity index (χ1) is 10.1. The van der Waals surface area contributed by atoms with Gasteiger partial charge in [-0.25, -0.2) is 0 Å². The molecule has 0 heterocycles. The van der Waals surface area contributed by atoms with E-state index in [-0.39, 0.29) is 5.78 Å². The first kappa shape index (κ1) is 14.9. The second-order valence-corrected chi connectivity index (χ2v) is 4.67. The van der Waals surface area contributed by atoms with Crippen molar-refractivity contribution in [2.75, 3.05) is 14.2 Å². The van der Waals surface area contributed by atoms with Crippen LogP contribution in [-0.4, -0.2) is 20.0 Å². The maximum atomic E-state index is 12.2. The lowest BCUT2D eigenvalue weighted by atomic mass is 10.1. The van der Waals surface area contributed by atoms with Crippen LogP contribution in [0.15, 0.2) is 48.5 Å². The predicted molar refractivity (Wildman–Crippen MR) is 84.1 cm³/mol. The van der Waals surface area contributed by atoms with Gasteiger partial charge in [0, 0.05) is 11.1 Å². The molecule has 2 rings (SSSR count). The molecule has 0 aliphatic heterocycles. The van der Waals surface area contributed by atoms with Gasteiger partial charge in [-0.05, 0) is 43.3 Å². The lowest BCUT2D eigenvalue weighted by Gasteiger charge is -2.07. The molecule has 0 fully saturated rings. The molecule has 0 amide bonds. The Kier molecular flexibility index (Phi) is 4.77. The van der Waals surface area contributed by atoms with Crippen molar-refractivity contribution in [3.63, 3.8) is 0 Å². The summed E-state index contributed by atoms with van der Waals surface area (Å²) in [6.07, 6.45) is 3.29. The number of hydrogen-bond donors (Lipinski definition) is 0. The zero-order valence-corrected chi connectivity index (χ0v) is 12.4. The van der Waals surface area contributed by atoms with Crippen molar-refractivity contribution in [2.45, 2.75) is 6.92 Å². The Morgan fingerprint density at radius 1 is 1.05 bits per heavy atom. The van der Waals surface area contributed by atoms with E-state index in [0.29, 0.717) is 11.3 Å². The minimum atomic E-state index is -0.0384. The molecule has 108 valence electrons. The molecule has 0 radical (unpaired) electrons. The quantitative estimate of drug-likeness (QED) is 0.616. The topological polar surface area (TPSA) is 35.5 Å². The second-order valence-electron chi connectivity index (χ2n) is 4.67. The average Bonchev–Trinajstić information content (AvgIpc) is 2.52. The SMILES string of the molecule is COc1ccc(OC)c(/C=C/C(=O)c2cccc(C)c2)c1. The molecule has 0 unspecified atom stereocenters. The zero-order chi connectivity index (χ0) is 15.2. The highest BCUT2D eigenvalue weighted by atomic mass is 16.5. The zero-order valence-electron chi connectivity index (χ0n) is 12.4. The Morgan fingerprint density at radius 3 is 2.52 bits per heavy atom. The maximum Gasteiger partial charge on any atom is 0.185 e. The molecule has 0 atom stereocenters. The molecule has 0 saturated carbocycles. The van der Waals surface area contributed by atoms with Gasteiger partial charge in [0.15, 0.2) is 5.78 Å². The standard InChI is InChI=1S/C18H18O3/c1-13-5-4-6-14(11-13)17(19)9-7-15-12-16(20-2)8-10-18(15)21-3/h4-12H,1-3H3/b9-7+. The van der Waals surface area contributed by atoms with Gasteiger partial charge in [-0.1, -0.05) is 23.8 Å². The third kappa shape index (κ3) is 3.72. The van der Waals surface area contributed by atoms with Crippen LogP contribution in [0.25, 0.3) is 6.08 Å². The predicted octanol–water partition coefficient (Wildman–Crippen LogP) is 3.91. The fourth-order valence-corrected chi connectivity index (χ4v) is 2.03. The number of methoxy groups -OCH3 is 2. The number of rotatable bonds is 5. The van der Waals surface area contributed by atoms with E-state index in [9.17, 15) is 4.79 Å². The van der Waals surface area contributed by atoms with Crippen LogP contribution in [-0.2, 0) is 0 Å². The number of carbonyl (C=O) groups excluding carboxylic acids is 1. The molecule has 0 spiro atoms. The maximum absolute atomic E-state index is 12.2. The molecular formula is C18H18O3. The summed E-state index contributed by atoms with van der Waals surface area (Å²) in [7, 11) is 3.20. The van der Waals surface area contributed by atoms with Crippen molar-refractivity contribution < 1.29 is 14.3 Å². The van der Waals surface area contributed by atoms with Crippen LogP contribution in [0, 0.1) is 6.92 Å². The van der Waals surface area contributed by atoms with E-state index >= 15 is 0 Å². The number of benzene rings is 2.